The van der Waals surface area contributed by atoms with Crippen LogP contribution in [-0.4, -0.2) is 55.3 Å². The van der Waals surface area contributed by atoms with Gasteiger partial charge in [-0.1, -0.05) is 18.5 Å². The molecule has 2 aliphatic heterocycles. The number of hydrogen-bond donors (Lipinski definition) is 1. The van der Waals surface area contributed by atoms with Gasteiger partial charge in [-0.15, -0.1) is 0 Å². The summed E-state index contributed by atoms with van der Waals surface area (Å²) in [6.07, 6.45) is 2.56. The van der Waals surface area contributed by atoms with Crippen LogP contribution in [0.25, 0.3) is 0 Å². The summed E-state index contributed by atoms with van der Waals surface area (Å²) in [5.41, 5.74) is 1.44. The molecule has 1 unspecified atom stereocenters. The Labute approximate surface area is 129 Å². The van der Waals surface area contributed by atoms with Crippen molar-refractivity contribution in [2.75, 3.05) is 20.2 Å². The van der Waals surface area contributed by atoms with Gasteiger partial charge in [0.25, 0.3) is 5.91 Å². The largest absolute Gasteiger partial charge is 0.377 e. The Morgan fingerprint density at radius 3 is 2.95 bits per heavy atom. The third-order valence-corrected chi connectivity index (χ3v) is 4.31. The average molecular weight is 314 g/mol. The van der Waals surface area contributed by atoms with Crippen LogP contribution < -0.4 is 5.32 Å². The Morgan fingerprint density at radius 1 is 1.62 bits per heavy atom. The van der Waals surface area contributed by atoms with E-state index in [2.05, 4.69) is 10.3 Å². The van der Waals surface area contributed by atoms with Gasteiger partial charge in [-0.05, 0) is 18.4 Å². The average Bonchev–Trinajstić information content (AvgIpc) is 2.88. The summed E-state index contributed by atoms with van der Waals surface area (Å²) in [5, 5.41) is 3.38. The van der Waals surface area contributed by atoms with Gasteiger partial charge in [0.2, 0.25) is 6.41 Å². The number of nitrogens with one attached hydrogen (secondary N) is 1. The number of allylic oxidation sites excluding steroid dienone is 1. The van der Waals surface area contributed by atoms with Crippen molar-refractivity contribution in [3.63, 3.8) is 0 Å². The first-order chi connectivity index (χ1) is 10.1. The topological polar surface area (TPSA) is 71.0 Å². The number of carbonyl (C=O) groups excluding carboxylic acids is 2. The number of aliphatic imine (C=N–C) groups is 1. The minimum atomic E-state index is -0.205. The third-order valence-electron chi connectivity index (χ3n) is 3.95. The molecule has 6 nitrogen and oxygen atoms in total. The number of hydrogen-bond acceptors (Lipinski definition) is 4. The summed E-state index contributed by atoms with van der Waals surface area (Å²) in [7, 11) is 1.58. The van der Waals surface area contributed by atoms with Crippen molar-refractivity contribution < 1.29 is 14.3 Å². The van der Waals surface area contributed by atoms with Crippen molar-refractivity contribution in [3.8, 4) is 0 Å². The van der Waals surface area contributed by atoms with Gasteiger partial charge >= 0.3 is 0 Å². The minimum Gasteiger partial charge on any atom is -0.377 e. The quantitative estimate of drug-likeness (QED) is 0.609. The van der Waals surface area contributed by atoms with E-state index in [9.17, 15) is 9.59 Å². The van der Waals surface area contributed by atoms with Gasteiger partial charge in [0, 0.05) is 26.6 Å². The van der Waals surface area contributed by atoms with Crippen molar-refractivity contribution >= 4 is 29.6 Å². The number of nitrogens with zero attached hydrogens (tertiary/aromatic N) is 2. The zero-order valence-corrected chi connectivity index (χ0v) is 13.0. The molecule has 2 rings (SSSR count). The van der Waals surface area contributed by atoms with E-state index < -0.39 is 0 Å². The normalized spacial score (nSPS) is 25.9. The fourth-order valence-electron chi connectivity index (χ4n) is 2.61. The fraction of sp³-hybridized carbons (Fsp3) is 0.643. The molecule has 0 aromatic carbocycles. The maximum Gasteiger partial charge on any atom is 0.266 e. The summed E-state index contributed by atoms with van der Waals surface area (Å²) in [4.78, 5) is 28.9. The van der Waals surface area contributed by atoms with E-state index in [0.29, 0.717) is 36.8 Å². The molecule has 7 heteroatoms. The number of piperidine rings is 1. The van der Waals surface area contributed by atoms with Crippen LogP contribution in [0.3, 0.4) is 0 Å². The number of carbonyl (C=O) groups is 2. The Hall–Kier alpha value is -1.40. The highest BCUT2D eigenvalue weighted by Crippen LogP contribution is 2.25. The predicted molar refractivity (Wildman–Crippen MR) is 80.2 cm³/mol. The zero-order valence-electron chi connectivity index (χ0n) is 12.3. The SMILES string of the molecule is CCC1=C(Cl)N=C(C(=O)NC2CCN(C=O)C[C@@H]2OC)C1. The molecular formula is C14H20ClN3O3. The molecule has 0 aromatic heterocycles. The zero-order chi connectivity index (χ0) is 15.4. The van der Waals surface area contributed by atoms with Gasteiger partial charge in [0.15, 0.2) is 0 Å². The van der Waals surface area contributed by atoms with Crippen molar-refractivity contribution in [3.05, 3.63) is 10.7 Å². The molecular weight excluding hydrogens is 294 g/mol. The highest BCUT2D eigenvalue weighted by atomic mass is 35.5. The first-order valence-electron chi connectivity index (χ1n) is 7.07. The Morgan fingerprint density at radius 2 is 2.38 bits per heavy atom. The molecule has 1 fully saturated rings. The molecule has 2 amide bonds. The molecule has 2 aliphatic rings. The van der Waals surface area contributed by atoms with Gasteiger partial charge in [-0.25, -0.2) is 4.99 Å². The van der Waals surface area contributed by atoms with Crippen LogP contribution >= 0.6 is 11.6 Å². The molecule has 2 heterocycles. The molecule has 1 N–H and O–H groups in total. The first kappa shape index (κ1) is 16.0. The maximum atomic E-state index is 12.3. The lowest BCUT2D eigenvalue weighted by Gasteiger charge is -2.36. The maximum absolute atomic E-state index is 12.3. The summed E-state index contributed by atoms with van der Waals surface area (Å²) >= 11 is 6.00. The Kier molecular flexibility index (Phi) is 5.36. The molecule has 0 radical (unpaired) electrons. The van der Waals surface area contributed by atoms with Gasteiger partial charge in [-0.2, -0.15) is 0 Å². The second-order valence-electron chi connectivity index (χ2n) is 5.23. The standard InChI is InChI=1S/C14H20ClN3O3/c1-3-9-6-11(16-13(9)15)14(20)17-10-4-5-18(8-19)7-12(10)21-2/h8,10,12H,3-7H2,1-2H3,(H,17,20)/t10?,12-/m0/s1. The van der Waals surface area contributed by atoms with E-state index >= 15 is 0 Å². The van der Waals surface area contributed by atoms with E-state index in [-0.39, 0.29) is 18.1 Å². The van der Waals surface area contributed by atoms with E-state index in [4.69, 9.17) is 16.3 Å². The van der Waals surface area contributed by atoms with Gasteiger partial charge in [0.1, 0.15) is 10.9 Å². The Balaban J connectivity index is 1.94. The molecule has 21 heavy (non-hydrogen) atoms. The predicted octanol–water partition coefficient (Wildman–Crippen LogP) is 1.05. The lowest BCUT2D eigenvalue weighted by molar-refractivity contribution is -0.123. The second kappa shape index (κ2) is 7.04. The fourth-order valence-corrected chi connectivity index (χ4v) is 2.91. The van der Waals surface area contributed by atoms with Gasteiger partial charge < -0.3 is 15.0 Å². The van der Waals surface area contributed by atoms with Crippen LogP contribution in [0.2, 0.25) is 0 Å². The number of methoxy groups -OCH3 is 1. The third kappa shape index (κ3) is 3.63. The van der Waals surface area contributed by atoms with E-state index in [0.717, 1.165) is 18.4 Å². The number of likely N-dealkylation sites (tertiary alicyclic amines) is 1. The van der Waals surface area contributed by atoms with Crippen LogP contribution in [0.5, 0.6) is 0 Å². The van der Waals surface area contributed by atoms with E-state index in [1.54, 1.807) is 12.0 Å². The van der Waals surface area contributed by atoms with Crippen molar-refractivity contribution in [1.82, 2.24) is 10.2 Å². The molecule has 0 aliphatic carbocycles. The number of amides is 2. The first-order valence-corrected chi connectivity index (χ1v) is 7.44. The molecule has 0 spiro atoms. The summed E-state index contributed by atoms with van der Waals surface area (Å²) in [6.45, 7) is 3.08. The number of rotatable bonds is 5. The highest BCUT2D eigenvalue weighted by Gasteiger charge is 2.31. The Bertz CT molecular complexity index is 490. The number of halogens is 1. The summed E-state index contributed by atoms with van der Waals surface area (Å²) in [5.74, 6) is -0.205. The van der Waals surface area contributed by atoms with Crippen molar-refractivity contribution in [2.45, 2.75) is 38.3 Å². The lowest BCUT2D eigenvalue weighted by Crippen LogP contribution is -2.55. The summed E-state index contributed by atoms with van der Waals surface area (Å²) < 4.78 is 5.37. The van der Waals surface area contributed by atoms with Gasteiger partial charge in [-0.3, -0.25) is 9.59 Å². The van der Waals surface area contributed by atoms with Crippen LogP contribution in [0.15, 0.2) is 15.7 Å². The number of ether oxygens (including phenoxy) is 1. The van der Waals surface area contributed by atoms with Crippen LogP contribution in [0.4, 0.5) is 0 Å². The van der Waals surface area contributed by atoms with E-state index in [1.807, 2.05) is 6.92 Å². The molecule has 116 valence electrons. The lowest BCUT2D eigenvalue weighted by atomic mass is 10.0. The second-order valence-corrected chi connectivity index (χ2v) is 5.58. The van der Waals surface area contributed by atoms with Crippen molar-refractivity contribution in [1.29, 1.82) is 0 Å². The van der Waals surface area contributed by atoms with Crippen LogP contribution in [0, 0.1) is 0 Å². The van der Waals surface area contributed by atoms with Gasteiger partial charge in [0.05, 0.1) is 12.1 Å². The monoisotopic (exact) mass is 313 g/mol. The minimum absolute atomic E-state index is 0.120. The smallest absolute Gasteiger partial charge is 0.266 e. The molecule has 0 saturated carbocycles. The molecule has 1 saturated heterocycles. The van der Waals surface area contributed by atoms with Crippen molar-refractivity contribution in [2.24, 2.45) is 4.99 Å². The van der Waals surface area contributed by atoms with E-state index in [1.165, 1.54) is 0 Å². The summed E-state index contributed by atoms with van der Waals surface area (Å²) in [6, 6.07) is -0.120. The molecule has 0 bridgehead atoms. The molecule has 0 aromatic rings. The van der Waals surface area contributed by atoms with Crippen LogP contribution in [0.1, 0.15) is 26.2 Å². The highest BCUT2D eigenvalue weighted by molar-refractivity contribution is 6.43. The van der Waals surface area contributed by atoms with Crippen LogP contribution in [-0.2, 0) is 14.3 Å². The molecule has 2 atom stereocenters.